The molecule has 528 valence electrons. The summed E-state index contributed by atoms with van der Waals surface area (Å²) >= 11 is 0. The van der Waals surface area contributed by atoms with Gasteiger partial charge in [0.2, 0.25) is 5.91 Å². The van der Waals surface area contributed by atoms with Crippen LogP contribution in [-0.4, -0.2) is 73.4 Å². The van der Waals surface area contributed by atoms with Gasteiger partial charge in [-0.15, -0.1) is 0 Å². The number of likely N-dealkylation sites (N-methyl/N-ethyl adjacent to an activating group) is 1. The monoisotopic (exact) mass is 1270 g/mol. The van der Waals surface area contributed by atoms with E-state index in [1.807, 2.05) is 27.2 Å². The number of nitrogens with one attached hydrogen (secondary N) is 1. The Kier molecular flexibility index (Phi) is 70.0. The molecule has 3 N–H and O–H groups in total. The van der Waals surface area contributed by atoms with Crippen LogP contribution in [-0.2, 0) is 18.4 Å². The lowest BCUT2D eigenvalue weighted by Gasteiger charge is -2.25. The van der Waals surface area contributed by atoms with E-state index >= 15 is 0 Å². The van der Waals surface area contributed by atoms with E-state index in [-0.39, 0.29) is 19.1 Å². The van der Waals surface area contributed by atoms with Crippen LogP contribution >= 0.6 is 7.82 Å². The molecule has 0 rings (SSSR count). The number of hydrogen-bond donors (Lipinski definition) is 3. The van der Waals surface area contributed by atoms with E-state index in [1.165, 1.54) is 353 Å². The highest BCUT2D eigenvalue weighted by molar-refractivity contribution is 7.47. The van der Waals surface area contributed by atoms with Gasteiger partial charge in [0.15, 0.2) is 0 Å². The molecule has 3 atom stereocenters. The minimum Gasteiger partial charge on any atom is -0.387 e. The molecule has 0 radical (unpaired) electrons. The molecule has 0 aromatic rings. The number of quaternary nitrogens is 1. The van der Waals surface area contributed by atoms with Crippen LogP contribution in [0.15, 0.2) is 36.5 Å². The second kappa shape index (κ2) is 71.0. The number of carbonyl (C=O) groups excluding carboxylic acids is 1. The topological polar surface area (TPSA) is 105 Å². The van der Waals surface area contributed by atoms with Crippen LogP contribution in [0.3, 0.4) is 0 Å². The van der Waals surface area contributed by atoms with Crippen LogP contribution in [0.4, 0.5) is 0 Å². The Hall–Kier alpha value is -1.28. The van der Waals surface area contributed by atoms with Gasteiger partial charge >= 0.3 is 7.82 Å². The highest BCUT2D eigenvalue weighted by Crippen LogP contribution is 2.43. The number of phosphoric acid groups is 1. The van der Waals surface area contributed by atoms with E-state index in [1.54, 1.807) is 6.08 Å². The van der Waals surface area contributed by atoms with Gasteiger partial charge in [-0.05, 0) is 44.9 Å². The maximum Gasteiger partial charge on any atom is 0.472 e. The molecule has 8 nitrogen and oxygen atoms in total. The molecule has 1 amide bonds. The number of allylic oxidation sites excluding steroid dienone is 5. The molecule has 89 heavy (non-hydrogen) atoms. The number of amides is 1. The molecule has 0 aromatic heterocycles. The number of phosphoric ester groups is 1. The number of nitrogens with zero attached hydrogens (tertiary/aromatic N) is 1. The Morgan fingerprint density at radius 2 is 0.618 bits per heavy atom. The zero-order chi connectivity index (χ0) is 64.8. The van der Waals surface area contributed by atoms with Crippen molar-refractivity contribution in [1.29, 1.82) is 0 Å². The van der Waals surface area contributed by atoms with E-state index in [0.29, 0.717) is 17.4 Å². The second-order valence-electron chi connectivity index (χ2n) is 28.8. The molecule has 0 aliphatic carbocycles. The van der Waals surface area contributed by atoms with Gasteiger partial charge < -0.3 is 19.8 Å². The summed E-state index contributed by atoms with van der Waals surface area (Å²) in [4.78, 5) is 23.5. The van der Waals surface area contributed by atoms with Gasteiger partial charge in [-0.3, -0.25) is 13.8 Å². The SMILES string of the molecule is CCCCCCCCCCCCCCCCCCCCCCCC/C=C/CC/C=C/CC/C=C/C(O)C(COP(=O)(O)OCC[N+](C)(C)C)NC(=O)CCCCCCCCCCCCCCCCCCCCCCCCCCCCCCCCCCCCC. The second-order valence-corrected chi connectivity index (χ2v) is 30.2. The smallest absolute Gasteiger partial charge is 0.387 e. The maximum absolute atomic E-state index is 13.1. The first kappa shape index (κ1) is 87.7. The third kappa shape index (κ3) is 74.0. The number of carbonyl (C=O) groups is 1. The first-order valence-corrected chi connectivity index (χ1v) is 41.4. The fourth-order valence-corrected chi connectivity index (χ4v) is 13.2. The summed E-state index contributed by atoms with van der Waals surface area (Å²) in [7, 11) is 1.57. The van der Waals surface area contributed by atoms with Gasteiger partial charge in [0.25, 0.3) is 0 Å². The molecule has 0 saturated carbocycles. The zero-order valence-corrected chi connectivity index (χ0v) is 61.6. The maximum atomic E-state index is 13.1. The average molecular weight is 1280 g/mol. The highest BCUT2D eigenvalue weighted by atomic mass is 31.2. The predicted molar refractivity (Wildman–Crippen MR) is 392 cm³/mol. The van der Waals surface area contributed by atoms with Crippen LogP contribution < -0.4 is 5.32 Å². The molecular formula is C80H158N2O6P+. The standard InChI is InChI=1S/C80H157N2O6P/c1-6-8-10-12-14-16-18-20-22-24-26-28-30-32-34-36-38-40-41-42-44-46-48-50-52-54-56-58-60-62-64-66-68-70-72-74-80(84)81-78(77-88-89(85,86)87-76-75-82(3,4)5)79(83)73-71-69-67-65-63-61-59-57-55-53-51-49-47-45-43-39-37-35-33-31-29-27-25-23-21-19-17-15-13-11-9-7-2/h55,57,63,65,71,73,78-79,83H,6-54,56,58-62,64,66-70,72,74-77H2,1-5H3,(H-,81,84,85,86)/p+1/b57-55+,65-63+,73-71+. The normalized spacial score (nSPS) is 13.7. The zero-order valence-electron chi connectivity index (χ0n) is 60.7. The van der Waals surface area contributed by atoms with Crippen molar-refractivity contribution in [3.05, 3.63) is 36.5 Å². The van der Waals surface area contributed by atoms with Crippen LogP contribution in [0.2, 0.25) is 0 Å². The van der Waals surface area contributed by atoms with Gasteiger partial charge in [0, 0.05) is 6.42 Å². The van der Waals surface area contributed by atoms with E-state index in [4.69, 9.17) is 9.05 Å². The van der Waals surface area contributed by atoms with E-state index in [2.05, 4.69) is 43.5 Å². The average Bonchev–Trinajstić information content (AvgIpc) is 3.62. The van der Waals surface area contributed by atoms with Crippen LogP contribution in [0.5, 0.6) is 0 Å². The molecule has 0 heterocycles. The molecule has 9 heteroatoms. The summed E-state index contributed by atoms with van der Waals surface area (Å²) in [6.07, 6.45) is 96.4. The number of unbranched alkanes of at least 4 members (excludes halogenated alkanes) is 58. The quantitative estimate of drug-likeness (QED) is 0.0243. The van der Waals surface area contributed by atoms with E-state index in [9.17, 15) is 19.4 Å². The number of rotatable bonds is 75. The molecule has 0 aliphatic heterocycles. The van der Waals surface area contributed by atoms with E-state index in [0.717, 1.165) is 44.9 Å². The largest absolute Gasteiger partial charge is 0.472 e. The van der Waals surface area contributed by atoms with Crippen molar-refractivity contribution in [3.8, 4) is 0 Å². The van der Waals surface area contributed by atoms with Gasteiger partial charge in [0.05, 0.1) is 39.9 Å². The molecule has 3 unspecified atom stereocenters. The van der Waals surface area contributed by atoms with Gasteiger partial charge in [-0.1, -0.05) is 403 Å². The van der Waals surface area contributed by atoms with Gasteiger partial charge in [0.1, 0.15) is 13.2 Å². The summed E-state index contributed by atoms with van der Waals surface area (Å²) in [5.41, 5.74) is 0. The Morgan fingerprint density at radius 1 is 0.371 bits per heavy atom. The summed E-state index contributed by atoms with van der Waals surface area (Å²) in [6.45, 7) is 4.86. The van der Waals surface area contributed by atoms with Crippen molar-refractivity contribution in [3.63, 3.8) is 0 Å². The molecule has 0 saturated heterocycles. The van der Waals surface area contributed by atoms with Crippen molar-refractivity contribution >= 4 is 13.7 Å². The number of aliphatic hydroxyl groups excluding tert-OH is 1. The molecule has 0 aliphatic rings. The summed E-state index contributed by atoms with van der Waals surface area (Å²) < 4.78 is 23.8. The number of aliphatic hydroxyl groups is 1. The van der Waals surface area contributed by atoms with Crippen LogP contribution in [0.1, 0.15) is 418 Å². The summed E-state index contributed by atoms with van der Waals surface area (Å²) in [5, 5.41) is 14.0. The summed E-state index contributed by atoms with van der Waals surface area (Å²) in [5.74, 6) is -0.182. The Bertz CT molecular complexity index is 1550. The van der Waals surface area contributed by atoms with Crippen molar-refractivity contribution in [2.24, 2.45) is 0 Å². The predicted octanol–water partition coefficient (Wildman–Crippen LogP) is 26.0. The van der Waals surface area contributed by atoms with Gasteiger partial charge in [-0.25, -0.2) is 4.57 Å². The van der Waals surface area contributed by atoms with Crippen LogP contribution in [0, 0.1) is 0 Å². The number of hydrogen-bond acceptors (Lipinski definition) is 5. The fourth-order valence-electron chi connectivity index (χ4n) is 12.4. The Morgan fingerprint density at radius 3 is 0.899 bits per heavy atom. The Labute approximate surface area is 557 Å². The minimum absolute atomic E-state index is 0.0556. The minimum atomic E-state index is -4.37. The van der Waals surface area contributed by atoms with E-state index < -0.39 is 20.0 Å². The first-order valence-electron chi connectivity index (χ1n) is 39.9. The molecule has 0 spiro atoms. The third-order valence-corrected chi connectivity index (χ3v) is 19.6. The lowest BCUT2D eigenvalue weighted by atomic mass is 10.0. The van der Waals surface area contributed by atoms with Gasteiger partial charge in [-0.2, -0.15) is 0 Å². The molecular weight excluding hydrogens is 1120 g/mol. The van der Waals surface area contributed by atoms with Crippen LogP contribution in [0.25, 0.3) is 0 Å². The molecule has 0 bridgehead atoms. The highest BCUT2D eigenvalue weighted by Gasteiger charge is 2.28. The lowest BCUT2D eigenvalue weighted by Crippen LogP contribution is -2.45. The van der Waals surface area contributed by atoms with Crippen molar-refractivity contribution in [2.75, 3.05) is 40.9 Å². The van der Waals surface area contributed by atoms with Crippen molar-refractivity contribution < 1.29 is 32.9 Å². The molecule has 0 fully saturated rings. The summed E-state index contributed by atoms with van der Waals surface area (Å²) in [6, 6.07) is -0.870. The molecule has 0 aromatic carbocycles. The lowest BCUT2D eigenvalue weighted by molar-refractivity contribution is -0.870. The third-order valence-electron chi connectivity index (χ3n) is 18.6. The fraction of sp³-hybridized carbons (Fsp3) is 0.912. The Balaban J connectivity index is 4.00. The van der Waals surface area contributed by atoms with Crippen molar-refractivity contribution in [1.82, 2.24) is 5.32 Å². The van der Waals surface area contributed by atoms with Crippen molar-refractivity contribution in [2.45, 2.75) is 431 Å². The first-order chi connectivity index (χ1) is 43.5.